The van der Waals surface area contributed by atoms with Crippen LogP contribution in [0.25, 0.3) is 0 Å². The van der Waals surface area contributed by atoms with Crippen molar-refractivity contribution in [3.63, 3.8) is 0 Å². The predicted molar refractivity (Wildman–Crippen MR) is 47.1 cm³/mol. The minimum Gasteiger partial charge on any atom is -0.478 e. The van der Waals surface area contributed by atoms with Crippen molar-refractivity contribution >= 4 is 12.0 Å². The van der Waals surface area contributed by atoms with Gasteiger partial charge in [0.1, 0.15) is 5.60 Å². The number of rotatable bonds is 0. The standard InChI is InChI=1S/C9H10N2O/c1-9(2)6-11-8-7(12-9)4-3-5-10-8/h3-6H,1-2H3. The van der Waals surface area contributed by atoms with Crippen LogP contribution in [0.5, 0.6) is 5.75 Å². The molecule has 0 unspecified atom stereocenters. The summed E-state index contributed by atoms with van der Waals surface area (Å²) in [4.78, 5) is 8.25. The van der Waals surface area contributed by atoms with E-state index in [-0.39, 0.29) is 5.60 Å². The quantitative estimate of drug-likeness (QED) is 0.584. The van der Waals surface area contributed by atoms with E-state index in [0.29, 0.717) is 5.82 Å². The molecule has 0 fully saturated rings. The maximum Gasteiger partial charge on any atom is 0.194 e. The van der Waals surface area contributed by atoms with E-state index in [2.05, 4.69) is 9.98 Å². The van der Waals surface area contributed by atoms with Gasteiger partial charge in [0, 0.05) is 12.4 Å². The van der Waals surface area contributed by atoms with Crippen LogP contribution in [0.2, 0.25) is 0 Å². The van der Waals surface area contributed by atoms with Crippen LogP contribution in [0.3, 0.4) is 0 Å². The highest BCUT2D eigenvalue weighted by Gasteiger charge is 2.22. The number of fused-ring (bicyclic) bond motifs is 1. The molecule has 1 aliphatic heterocycles. The van der Waals surface area contributed by atoms with Gasteiger partial charge in [-0.3, -0.25) is 0 Å². The highest BCUT2D eigenvalue weighted by molar-refractivity contribution is 5.75. The molecule has 0 aliphatic carbocycles. The average Bonchev–Trinajstić information content (AvgIpc) is 2.02. The van der Waals surface area contributed by atoms with Gasteiger partial charge < -0.3 is 4.74 Å². The Bertz CT molecular complexity index is 331. The summed E-state index contributed by atoms with van der Waals surface area (Å²) in [5.74, 6) is 1.42. The second kappa shape index (κ2) is 2.30. The van der Waals surface area contributed by atoms with Crippen molar-refractivity contribution in [2.75, 3.05) is 0 Å². The lowest BCUT2D eigenvalue weighted by Gasteiger charge is -2.25. The van der Waals surface area contributed by atoms with Crippen LogP contribution in [-0.4, -0.2) is 16.8 Å². The number of hydrogen-bond acceptors (Lipinski definition) is 3. The Morgan fingerprint density at radius 1 is 1.42 bits per heavy atom. The molecule has 0 radical (unpaired) electrons. The van der Waals surface area contributed by atoms with Crippen LogP contribution in [0.15, 0.2) is 23.3 Å². The smallest absolute Gasteiger partial charge is 0.194 e. The molecule has 0 spiro atoms. The van der Waals surface area contributed by atoms with Crippen molar-refractivity contribution in [3.8, 4) is 5.75 Å². The van der Waals surface area contributed by atoms with Gasteiger partial charge in [0.25, 0.3) is 0 Å². The fourth-order valence-electron chi connectivity index (χ4n) is 1.09. The normalized spacial score (nSPS) is 18.2. The van der Waals surface area contributed by atoms with Crippen molar-refractivity contribution in [2.45, 2.75) is 19.4 Å². The fourth-order valence-corrected chi connectivity index (χ4v) is 1.09. The summed E-state index contributed by atoms with van der Waals surface area (Å²) in [6.07, 6.45) is 3.47. The van der Waals surface area contributed by atoms with E-state index in [1.165, 1.54) is 0 Å². The van der Waals surface area contributed by atoms with Gasteiger partial charge in [-0.25, -0.2) is 9.98 Å². The Balaban J connectivity index is 2.46. The van der Waals surface area contributed by atoms with E-state index in [4.69, 9.17) is 4.74 Å². The second-order valence-corrected chi connectivity index (χ2v) is 3.29. The first kappa shape index (κ1) is 7.28. The molecule has 3 heteroatoms. The molecule has 0 N–H and O–H groups in total. The first-order chi connectivity index (χ1) is 5.67. The molecule has 0 amide bonds. The lowest BCUT2D eigenvalue weighted by atomic mass is 10.1. The van der Waals surface area contributed by atoms with Crippen molar-refractivity contribution < 1.29 is 4.74 Å². The molecule has 0 atom stereocenters. The van der Waals surface area contributed by atoms with Crippen molar-refractivity contribution in [2.24, 2.45) is 4.99 Å². The Kier molecular flexibility index (Phi) is 1.40. The predicted octanol–water partition coefficient (Wildman–Crippen LogP) is 1.95. The topological polar surface area (TPSA) is 34.5 Å². The summed E-state index contributed by atoms with van der Waals surface area (Å²) in [6, 6.07) is 3.72. The van der Waals surface area contributed by atoms with Crippen LogP contribution < -0.4 is 4.74 Å². The van der Waals surface area contributed by atoms with Gasteiger partial charge >= 0.3 is 0 Å². The van der Waals surface area contributed by atoms with Crippen LogP contribution in [0.1, 0.15) is 13.8 Å². The van der Waals surface area contributed by atoms with Gasteiger partial charge in [-0.05, 0) is 26.0 Å². The molecule has 2 heterocycles. The van der Waals surface area contributed by atoms with E-state index >= 15 is 0 Å². The van der Waals surface area contributed by atoms with Crippen molar-refractivity contribution in [1.82, 2.24) is 4.98 Å². The monoisotopic (exact) mass is 162 g/mol. The third-order valence-electron chi connectivity index (χ3n) is 1.62. The lowest BCUT2D eigenvalue weighted by Crippen LogP contribution is -2.31. The zero-order valence-corrected chi connectivity index (χ0v) is 7.11. The molecule has 1 aromatic heterocycles. The van der Waals surface area contributed by atoms with Crippen molar-refractivity contribution in [1.29, 1.82) is 0 Å². The molecular weight excluding hydrogens is 152 g/mol. The molecular formula is C9H10N2O. The van der Waals surface area contributed by atoms with Gasteiger partial charge in [0.05, 0.1) is 0 Å². The number of hydrogen-bond donors (Lipinski definition) is 0. The van der Waals surface area contributed by atoms with Crippen LogP contribution in [-0.2, 0) is 0 Å². The molecule has 0 bridgehead atoms. The Morgan fingerprint density at radius 3 is 3.08 bits per heavy atom. The Morgan fingerprint density at radius 2 is 2.25 bits per heavy atom. The zero-order valence-electron chi connectivity index (χ0n) is 7.11. The molecule has 0 aromatic carbocycles. The molecule has 2 rings (SSSR count). The molecule has 1 aromatic rings. The Labute approximate surface area is 71.1 Å². The maximum absolute atomic E-state index is 5.61. The summed E-state index contributed by atoms with van der Waals surface area (Å²) in [5.41, 5.74) is -0.309. The largest absolute Gasteiger partial charge is 0.478 e. The fraction of sp³-hybridized carbons (Fsp3) is 0.333. The molecule has 0 saturated heterocycles. The maximum atomic E-state index is 5.61. The summed E-state index contributed by atoms with van der Waals surface area (Å²) in [6.45, 7) is 3.93. The average molecular weight is 162 g/mol. The van der Waals surface area contributed by atoms with Crippen LogP contribution in [0.4, 0.5) is 5.82 Å². The summed E-state index contributed by atoms with van der Waals surface area (Å²) < 4.78 is 5.61. The molecule has 62 valence electrons. The minimum atomic E-state index is -0.309. The lowest BCUT2D eigenvalue weighted by molar-refractivity contribution is 0.184. The zero-order chi connectivity index (χ0) is 8.60. The number of aliphatic imine (C=N–C) groups is 1. The van der Waals surface area contributed by atoms with Crippen LogP contribution in [0, 0.1) is 0 Å². The van der Waals surface area contributed by atoms with E-state index in [0.717, 1.165) is 5.75 Å². The van der Waals surface area contributed by atoms with Gasteiger partial charge in [-0.1, -0.05) is 0 Å². The van der Waals surface area contributed by atoms with Gasteiger partial charge in [0.15, 0.2) is 11.6 Å². The first-order valence-corrected chi connectivity index (χ1v) is 3.87. The van der Waals surface area contributed by atoms with Gasteiger partial charge in [-0.15, -0.1) is 0 Å². The van der Waals surface area contributed by atoms with Gasteiger partial charge in [0.2, 0.25) is 0 Å². The number of ether oxygens (including phenoxy) is 1. The Hall–Kier alpha value is -1.38. The third-order valence-corrected chi connectivity index (χ3v) is 1.62. The van der Waals surface area contributed by atoms with E-state index < -0.39 is 0 Å². The van der Waals surface area contributed by atoms with Crippen LogP contribution >= 0.6 is 0 Å². The second-order valence-electron chi connectivity index (χ2n) is 3.29. The number of aromatic nitrogens is 1. The number of pyridine rings is 1. The molecule has 0 saturated carbocycles. The SMILES string of the molecule is CC1(C)C=Nc2ncccc2O1. The minimum absolute atomic E-state index is 0.309. The number of nitrogens with zero attached hydrogens (tertiary/aromatic N) is 2. The van der Waals surface area contributed by atoms with E-state index in [1.807, 2.05) is 26.0 Å². The summed E-state index contributed by atoms with van der Waals surface area (Å²) in [5, 5.41) is 0. The highest BCUT2D eigenvalue weighted by Crippen LogP contribution is 2.30. The molecule has 1 aliphatic rings. The third kappa shape index (κ3) is 1.18. The van der Waals surface area contributed by atoms with E-state index in [9.17, 15) is 0 Å². The summed E-state index contributed by atoms with van der Waals surface area (Å²) >= 11 is 0. The van der Waals surface area contributed by atoms with Gasteiger partial charge in [-0.2, -0.15) is 0 Å². The van der Waals surface area contributed by atoms with Crippen molar-refractivity contribution in [3.05, 3.63) is 18.3 Å². The molecule has 3 nitrogen and oxygen atoms in total. The van der Waals surface area contributed by atoms with E-state index in [1.54, 1.807) is 12.4 Å². The molecule has 12 heavy (non-hydrogen) atoms. The first-order valence-electron chi connectivity index (χ1n) is 3.87. The summed E-state index contributed by atoms with van der Waals surface area (Å²) in [7, 11) is 0. The highest BCUT2D eigenvalue weighted by atomic mass is 16.5.